The van der Waals surface area contributed by atoms with E-state index in [0.29, 0.717) is 83.6 Å². The number of fused-ring (bicyclic) bond motifs is 7. The zero-order valence-corrected chi connectivity index (χ0v) is 71.4. The van der Waals surface area contributed by atoms with Crippen LogP contribution in [0.15, 0.2) is 159 Å². The Kier molecular flexibility index (Phi) is 27.3. The Bertz CT molecular complexity index is 6080. The molecule has 16 N–H and O–H groups in total. The lowest BCUT2D eigenvalue weighted by Crippen LogP contribution is -2.41. The van der Waals surface area contributed by atoms with E-state index in [1.807, 2.05) is 111 Å². The topological polar surface area (TPSA) is 566 Å². The maximum absolute atomic E-state index is 11.1. The molecule has 3 saturated heterocycles. The van der Waals surface area contributed by atoms with Crippen LogP contribution in [-0.2, 0) is 47.1 Å². The fourth-order valence-corrected chi connectivity index (χ4v) is 12.3. The largest absolute Gasteiger partial charge is 0.494 e. The van der Waals surface area contributed by atoms with Crippen LogP contribution in [0.3, 0.4) is 0 Å². The number of amides is 4. The van der Waals surface area contributed by atoms with E-state index >= 15 is 0 Å². The van der Waals surface area contributed by atoms with Crippen LogP contribution in [0.5, 0.6) is 0 Å². The third kappa shape index (κ3) is 21.9. The zero-order valence-electron chi connectivity index (χ0n) is 71.4. The second kappa shape index (κ2) is 37.0. The maximum Gasteiger partial charge on any atom is 0.494 e. The van der Waals surface area contributed by atoms with Crippen LogP contribution in [0.25, 0.3) is 77.2 Å². The molecule has 39 nitrogen and oxygen atoms in total. The summed E-state index contributed by atoms with van der Waals surface area (Å²) in [5.41, 5.74) is 12.7. The molecule has 0 atom stereocenters. The molecule has 4 amide bonds. The summed E-state index contributed by atoms with van der Waals surface area (Å²) in [6.07, 6.45) is 2.40. The zero-order chi connectivity index (χ0) is 90.7. The Morgan fingerprint density at radius 2 is 0.696 bits per heavy atom. The summed E-state index contributed by atoms with van der Waals surface area (Å²) in [7, 11) is -5.54. The lowest BCUT2D eigenvalue weighted by molar-refractivity contribution is -0.115. The second-order valence-corrected chi connectivity index (χ2v) is 32.6. The Morgan fingerprint density at radius 3 is 1.14 bits per heavy atom. The normalized spacial score (nSPS) is 15.9. The molecule has 1 aliphatic carbocycles. The highest BCUT2D eigenvalue weighted by Gasteiger charge is 2.54. The van der Waals surface area contributed by atoms with Crippen molar-refractivity contribution in [2.45, 2.75) is 163 Å². The van der Waals surface area contributed by atoms with Crippen molar-refractivity contribution in [3.05, 3.63) is 127 Å². The first kappa shape index (κ1) is 92.2. The van der Waals surface area contributed by atoms with Gasteiger partial charge in [0, 0.05) is 40.8 Å². The first-order valence-electron chi connectivity index (χ1n) is 39.4. The fraction of sp³-hybridized carbons (Fsp3) is 0.329. The summed E-state index contributed by atoms with van der Waals surface area (Å²) >= 11 is 0. The summed E-state index contributed by atoms with van der Waals surface area (Å²) in [4.78, 5) is 55.4. The minimum Gasteiger partial charge on any atom is -0.424 e. The highest BCUT2D eigenvalue weighted by atomic mass is 16.7. The first-order chi connectivity index (χ1) is 58.7. The number of nitrogens with two attached hydrogens (primary N) is 1. The van der Waals surface area contributed by atoms with E-state index in [9.17, 15) is 19.2 Å². The molecule has 18 rings (SSSR count). The van der Waals surface area contributed by atoms with Gasteiger partial charge in [-0.05, 0) is 219 Å². The third-order valence-electron chi connectivity index (χ3n) is 21.3. The monoisotopic (exact) mass is 1710 g/mol. The van der Waals surface area contributed by atoms with Crippen molar-refractivity contribution in [3.8, 4) is 0 Å². The number of aromatic nitrogens is 7. The number of carbonyl (C=O) groups is 4. The van der Waals surface area contributed by atoms with E-state index in [1.165, 1.54) is 89.1 Å². The molecule has 10 heterocycles. The van der Waals surface area contributed by atoms with E-state index < -0.39 is 46.8 Å². The molecule has 4 aliphatic rings. The van der Waals surface area contributed by atoms with Gasteiger partial charge in [0.15, 0.2) is 62.4 Å². The van der Waals surface area contributed by atoms with Crippen LogP contribution in [0.1, 0.15) is 124 Å². The van der Waals surface area contributed by atoms with E-state index in [4.69, 9.17) is 105 Å². The van der Waals surface area contributed by atoms with Crippen LogP contribution in [-0.4, -0.2) is 196 Å². The number of nitrogens with zero attached hydrogens (tertiary/aromatic N) is 7. The number of benzene rings is 7. The van der Waals surface area contributed by atoms with Gasteiger partial charge in [-0.1, -0.05) is 63.1 Å². The van der Waals surface area contributed by atoms with Crippen molar-refractivity contribution in [3.63, 3.8) is 0 Å². The number of anilines is 7. The molecule has 650 valence electrons. The number of hydrogen-bond acceptors (Lipinski definition) is 35. The van der Waals surface area contributed by atoms with Gasteiger partial charge in [0.1, 0.15) is 16.6 Å². The van der Waals surface area contributed by atoms with Crippen molar-refractivity contribution in [2.75, 3.05) is 44.7 Å². The first-order valence-corrected chi connectivity index (χ1v) is 39.4. The maximum atomic E-state index is 11.1. The molecule has 7 aromatic carbocycles. The smallest absolute Gasteiger partial charge is 0.424 e. The van der Waals surface area contributed by atoms with Crippen LogP contribution in [0.2, 0.25) is 0 Å². The molecule has 0 radical (unpaired) electrons. The molecule has 46 heteroatoms. The van der Waals surface area contributed by atoms with Crippen molar-refractivity contribution in [1.29, 1.82) is 0 Å². The standard InChI is InChI=1S/C16H21BN2O3.C15H19BN2O4.C14H19BN2O3.3C9H9BN2O4.C7H7BN2O3/c1-15(2)16(3,4)22-17(21-15)10-5-8-13-12(9-10)14(19-20-13)18-11-6-7-11;1-9(19)17-13-11-7-6-10(8-12(11)20-18-13)16-21-14(2,3)15(4,5)22-16;1-13(2)14(3,4)20-15(19-13)9-6-7-11-10(8-9)12(16-5)17-18-11;1-5(13)11-9-12-7-4-6(10(14)15)2-3-8(7)16-9;1-5(13)11-9-7-4-6(10(14)15)2-3-8(7)16-12-9;1-5(13)11-9-12-7-3-2-6(10(14)15)4-8(7)16-9;9-7-10-5-3-4(8(11)12)1-2-6(5)13-7/h5,8-9,11H,6-7H2,1-4H3,(H,18,19);6-8H,1-5H3,(H,17,18,19);6-8H,1-5H3,(H,16,17);3*2-4,14-15H,1H3,(H,11,12,13);1-3,11-12H,(H2,9,10). The molecule has 3 aliphatic heterocycles. The molecule has 14 aromatic rings. The molecule has 0 spiro atoms. The number of rotatable bonds is 14. The van der Waals surface area contributed by atoms with Gasteiger partial charge < -0.3 is 126 Å². The van der Waals surface area contributed by atoms with Crippen LogP contribution < -0.4 is 75.9 Å². The van der Waals surface area contributed by atoms with Crippen molar-refractivity contribution >= 4 is 230 Å². The SMILES string of the molecule is CC(=O)Nc1nc2cc(B(O)O)ccc2o1.CC(=O)Nc1nc2ccc(B(O)O)cc2o1.CC(=O)Nc1noc2cc(B3OC(C)(C)C(C)(C)O3)ccc12.CC(=O)Nc1noc2ccc(B(O)O)cc12.CC1(C)OB(c2ccc3onc(NC4CC4)c3c2)OC1(C)C.CNc1noc2ccc(B3OC(C)(C)C(C)(C)O3)cc12.Nc1nc2cc(B(O)O)ccc2o1. The number of oxazole rings is 3. The van der Waals surface area contributed by atoms with Gasteiger partial charge in [0.2, 0.25) is 23.6 Å². The minimum absolute atomic E-state index is 0.0691. The lowest BCUT2D eigenvalue weighted by Gasteiger charge is -2.32. The van der Waals surface area contributed by atoms with Gasteiger partial charge in [-0.3, -0.25) is 29.8 Å². The van der Waals surface area contributed by atoms with Crippen molar-refractivity contribution < 1.29 is 119 Å². The van der Waals surface area contributed by atoms with Gasteiger partial charge in [0.05, 0.1) is 55.2 Å². The summed E-state index contributed by atoms with van der Waals surface area (Å²) in [5.74, 6) is 1.19. The predicted molar refractivity (Wildman–Crippen MR) is 472 cm³/mol. The molecule has 7 aromatic heterocycles. The van der Waals surface area contributed by atoms with Gasteiger partial charge in [0.25, 0.3) is 6.01 Å². The van der Waals surface area contributed by atoms with E-state index in [-0.39, 0.29) is 84.1 Å². The average molecular weight is 1710 g/mol. The van der Waals surface area contributed by atoms with E-state index in [0.717, 1.165) is 55.3 Å². The van der Waals surface area contributed by atoms with Crippen molar-refractivity contribution in [1.82, 2.24) is 35.6 Å². The minimum atomic E-state index is -1.57. The molecule has 0 bridgehead atoms. The molecule has 1 saturated carbocycles. The summed E-state index contributed by atoms with van der Waals surface area (Å²) in [6, 6.07) is 36.5. The number of carbonyl (C=O) groups excluding carboxylic acids is 4. The summed E-state index contributed by atoms with van der Waals surface area (Å²) in [6.45, 7) is 29.9. The molecule has 125 heavy (non-hydrogen) atoms. The third-order valence-corrected chi connectivity index (χ3v) is 21.3. The van der Waals surface area contributed by atoms with Crippen LogP contribution in [0.4, 0.5) is 41.3 Å². The summed E-state index contributed by atoms with van der Waals surface area (Å²) in [5, 5.41) is 107. The number of nitrogens with one attached hydrogen (secondary N) is 6. The highest BCUT2D eigenvalue weighted by Crippen LogP contribution is 2.40. The molecular weight excluding hydrogens is 1620 g/mol. The molecule has 0 unspecified atom stereocenters. The van der Waals surface area contributed by atoms with Gasteiger partial charge in [-0.15, -0.1) is 0 Å². The molecular formula is C79H93B7N14O25. The number of hydrogen-bond donors (Lipinski definition) is 15. The Balaban J connectivity index is 0.000000134. The summed E-state index contributed by atoms with van der Waals surface area (Å²) < 4.78 is 72.7. The quantitative estimate of drug-likeness (QED) is 0.0669. The van der Waals surface area contributed by atoms with Gasteiger partial charge in [-0.25, -0.2) is 0 Å². The Morgan fingerprint density at radius 1 is 0.360 bits per heavy atom. The Labute approximate surface area is 716 Å². The van der Waals surface area contributed by atoms with E-state index in [1.54, 1.807) is 24.3 Å². The molecule has 4 fully saturated rings. The van der Waals surface area contributed by atoms with Crippen LogP contribution in [0, 0.1) is 0 Å². The average Bonchev–Trinajstić information content (AvgIpc) is 1.62. The van der Waals surface area contributed by atoms with Crippen molar-refractivity contribution in [2.24, 2.45) is 0 Å². The predicted octanol–water partition coefficient (Wildman–Crippen LogP) is 4.44. The highest BCUT2D eigenvalue weighted by molar-refractivity contribution is 6.64. The van der Waals surface area contributed by atoms with E-state index in [2.05, 4.69) is 101 Å². The van der Waals surface area contributed by atoms with Gasteiger partial charge in [-0.2, -0.15) is 15.0 Å². The number of nitrogen functional groups attached to an aromatic ring is 1. The fourth-order valence-electron chi connectivity index (χ4n) is 12.3. The van der Waals surface area contributed by atoms with Crippen LogP contribution >= 0.6 is 0 Å². The Hall–Kier alpha value is -12.0. The second-order valence-electron chi connectivity index (χ2n) is 32.6. The van der Waals surface area contributed by atoms with Gasteiger partial charge >= 0.3 is 61.9 Å². The lowest BCUT2D eigenvalue weighted by atomic mass is 9.78.